The van der Waals surface area contributed by atoms with Crippen LogP contribution in [0.5, 0.6) is 5.75 Å². The fourth-order valence-corrected chi connectivity index (χ4v) is 1.90. The van der Waals surface area contributed by atoms with Crippen LogP contribution in [0.25, 0.3) is 0 Å². The molecule has 2 nitrogen and oxygen atoms in total. The van der Waals surface area contributed by atoms with E-state index in [1.807, 2.05) is 25.1 Å². The first kappa shape index (κ1) is 17.0. The third-order valence-electron chi connectivity index (χ3n) is 3.03. The molecule has 2 heteroatoms. The van der Waals surface area contributed by atoms with Gasteiger partial charge in [0, 0.05) is 6.61 Å². The Hall–Kier alpha value is -1.02. The zero-order valence-electron chi connectivity index (χ0n) is 12.2. The Balaban J connectivity index is 0.000000327. The molecule has 18 heavy (non-hydrogen) atoms. The zero-order valence-corrected chi connectivity index (χ0v) is 12.2. The first-order chi connectivity index (χ1) is 8.51. The lowest BCUT2D eigenvalue weighted by molar-refractivity contribution is 0.240. The molecule has 1 atom stereocenters. The van der Waals surface area contributed by atoms with Crippen molar-refractivity contribution in [3.63, 3.8) is 0 Å². The number of rotatable bonds is 5. The fourth-order valence-electron chi connectivity index (χ4n) is 1.90. The number of aryl methyl sites for hydroxylation is 1. The summed E-state index contributed by atoms with van der Waals surface area (Å²) in [4.78, 5) is 0. The van der Waals surface area contributed by atoms with Crippen molar-refractivity contribution in [3.05, 3.63) is 29.8 Å². The predicted octanol–water partition coefficient (Wildman–Crippen LogP) is 4.14. The van der Waals surface area contributed by atoms with Gasteiger partial charge in [0.2, 0.25) is 0 Å². The SMILES string of the molecule is CCC(CCO)CC(C)C.Cc1ccccc1O. The highest BCUT2D eigenvalue weighted by atomic mass is 16.3. The number of hydrogen-bond donors (Lipinski definition) is 2. The van der Waals surface area contributed by atoms with Crippen molar-refractivity contribution < 1.29 is 10.2 Å². The summed E-state index contributed by atoms with van der Waals surface area (Å²) < 4.78 is 0. The average Bonchev–Trinajstić information content (AvgIpc) is 2.33. The standard InChI is InChI=1S/C9H20O.C7H8O/c1-4-9(5-6-10)7-8(2)3;1-6-4-2-3-5-7(6)8/h8-10H,4-7H2,1-3H3;2-5,8H,1H3. The summed E-state index contributed by atoms with van der Waals surface area (Å²) in [6.45, 7) is 8.89. The fraction of sp³-hybridized carbons (Fsp3) is 0.625. The van der Waals surface area contributed by atoms with Gasteiger partial charge >= 0.3 is 0 Å². The predicted molar refractivity (Wildman–Crippen MR) is 77.8 cm³/mol. The summed E-state index contributed by atoms with van der Waals surface area (Å²) in [6.07, 6.45) is 3.45. The molecule has 1 aromatic carbocycles. The van der Waals surface area contributed by atoms with Crippen molar-refractivity contribution in [1.82, 2.24) is 0 Å². The van der Waals surface area contributed by atoms with Gasteiger partial charge in [0.25, 0.3) is 0 Å². The molecule has 1 aromatic rings. The maximum absolute atomic E-state index is 8.92. The minimum absolute atomic E-state index is 0.352. The van der Waals surface area contributed by atoms with Crippen LogP contribution in [-0.2, 0) is 0 Å². The number of aliphatic hydroxyl groups is 1. The minimum Gasteiger partial charge on any atom is -0.508 e. The van der Waals surface area contributed by atoms with Crippen LogP contribution in [-0.4, -0.2) is 16.8 Å². The van der Waals surface area contributed by atoms with Crippen molar-refractivity contribution in [1.29, 1.82) is 0 Å². The van der Waals surface area contributed by atoms with E-state index in [1.165, 1.54) is 12.8 Å². The van der Waals surface area contributed by atoms with Gasteiger partial charge in [-0.25, -0.2) is 0 Å². The van der Waals surface area contributed by atoms with E-state index < -0.39 is 0 Å². The van der Waals surface area contributed by atoms with Crippen LogP contribution in [0.3, 0.4) is 0 Å². The molecule has 0 bridgehead atoms. The molecule has 0 radical (unpaired) electrons. The Morgan fingerprint density at radius 1 is 1.17 bits per heavy atom. The van der Waals surface area contributed by atoms with Gasteiger partial charge in [-0.3, -0.25) is 0 Å². The van der Waals surface area contributed by atoms with Crippen LogP contribution in [0.4, 0.5) is 0 Å². The highest BCUT2D eigenvalue weighted by Gasteiger charge is 2.06. The topological polar surface area (TPSA) is 40.5 Å². The van der Waals surface area contributed by atoms with Gasteiger partial charge in [-0.2, -0.15) is 0 Å². The second kappa shape index (κ2) is 9.95. The highest BCUT2D eigenvalue weighted by molar-refractivity contribution is 5.29. The third-order valence-corrected chi connectivity index (χ3v) is 3.03. The van der Waals surface area contributed by atoms with E-state index in [9.17, 15) is 0 Å². The minimum atomic E-state index is 0.352. The van der Waals surface area contributed by atoms with Crippen molar-refractivity contribution in [2.24, 2.45) is 11.8 Å². The highest BCUT2D eigenvalue weighted by Crippen LogP contribution is 2.17. The van der Waals surface area contributed by atoms with Gasteiger partial charge in [-0.1, -0.05) is 45.4 Å². The third kappa shape index (κ3) is 8.13. The van der Waals surface area contributed by atoms with Gasteiger partial charge in [0.05, 0.1) is 0 Å². The van der Waals surface area contributed by atoms with E-state index in [4.69, 9.17) is 10.2 Å². The average molecular weight is 252 g/mol. The molecular formula is C16H28O2. The summed E-state index contributed by atoms with van der Waals surface area (Å²) in [6, 6.07) is 7.25. The summed E-state index contributed by atoms with van der Waals surface area (Å²) >= 11 is 0. The van der Waals surface area contributed by atoms with E-state index in [2.05, 4.69) is 20.8 Å². The second-order valence-corrected chi connectivity index (χ2v) is 5.20. The molecule has 0 amide bonds. The summed E-state index contributed by atoms with van der Waals surface area (Å²) in [5, 5.41) is 17.6. The molecule has 104 valence electrons. The van der Waals surface area contributed by atoms with E-state index >= 15 is 0 Å². The molecule has 0 aliphatic heterocycles. The van der Waals surface area contributed by atoms with E-state index in [0.29, 0.717) is 12.4 Å². The van der Waals surface area contributed by atoms with Crippen LogP contribution >= 0.6 is 0 Å². The molecule has 1 unspecified atom stereocenters. The van der Waals surface area contributed by atoms with Crippen molar-refractivity contribution in [2.45, 2.75) is 47.0 Å². The molecule has 2 N–H and O–H groups in total. The van der Waals surface area contributed by atoms with Crippen LogP contribution in [0.1, 0.15) is 45.6 Å². The Morgan fingerprint density at radius 2 is 1.78 bits per heavy atom. The van der Waals surface area contributed by atoms with Crippen LogP contribution in [0.15, 0.2) is 24.3 Å². The normalized spacial score (nSPS) is 11.9. The number of benzene rings is 1. The smallest absolute Gasteiger partial charge is 0.118 e. The molecule has 0 aliphatic rings. The lowest BCUT2D eigenvalue weighted by atomic mass is 9.92. The summed E-state index contributed by atoms with van der Waals surface area (Å²) in [7, 11) is 0. The number of phenols is 1. The van der Waals surface area contributed by atoms with E-state index in [-0.39, 0.29) is 0 Å². The molecule has 0 saturated carbocycles. The molecule has 1 rings (SSSR count). The van der Waals surface area contributed by atoms with Gasteiger partial charge < -0.3 is 10.2 Å². The second-order valence-electron chi connectivity index (χ2n) is 5.20. The van der Waals surface area contributed by atoms with Crippen molar-refractivity contribution >= 4 is 0 Å². The molecule has 0 aromatic heterocycles. The maximum Gasteiger partial charge on any atom is 0.118 e. The van der Waals surface area contributed by atoms with E-state index in [0.717, 1.165) is 23.8 Å². The first-order valence-electron chi connectivity index (χ1n) is 6.86. The monoisotopic (exact) mass is 252 g/mol. The Labute approximate surface area is 112 Å². The Morgan fingerprint density at radius 3 is 2.11 bits per heavy atom. The number of hydrogen-bond acceptors (Lipinski definition) is 2. The molecular weight excluding hydrogens is 224 g/mol. The van der Waals surface area contributed by atoms with Gasteiger partial charge in [-0.05, 0) is 43.2 Å². The lowest BCUT2D eigenvalue weighted by Gasteiger charge is -2.14. The summed E-state index contributed by atoms with van der Waals surface area (Å²) in [5.41, 5.74) is 0.924. The molecule has 0 spiro atoms. The largest absolute Gasteiger partial charge is 0.508 e. The van der Waals surface area contributed by atoms with Crippen molar-refractivity contribution in [3.8, 4) is 5.75 Å². The molecule has 0 aliphatic carbocycles. The van der Waals surface area contributed by atoms with Gasteiger partial charge in [0.1, 0.15) is 5.75 Å². The molecule has 0 heterocycles. The Bertz CT molecular complexity index is 287. The van der Waals surface area contributed by atoms with Gasteiger partial charge in [0.15, 0.2) is 0 Å². The van der Waals surface area contributed by atoms with E-state index in [1.54, 1.807) is 6.07 Å². The summed E-state index contributed by atoms with van der Waals surface area (Å²) in [5.74, 6) is 1.88. The quantitative estimate of drug-likeness (QED) is 0.826. The first-order valence-corrected chi connectivity index (χ1v) is 6.86. The number of phenolic OH excluding ortho intramolecular Hbond substituents is 1. The Kier molecular flexibility index (Phi) is 9.39. The van der Waals surface area contributed by atoms with Crippen molar-refractivity contribution in [2.75, 3.05) is 6.61 Å². The molecule has 0 saturated heterocycles. The van der Waals surface area contributed by atoms with Crippen LogP contribution in [0.2, 0.25) is 0 Å². The lowest BCUT2D eigenvalue weighted by Crippen LogP contribution is -2.05. The zero-order chi connectivity index (χ0) is 14.0. The number of aromatic hydroxyl groups is 1. The van der Waals surface area contributed by atoms with Crippen LogP contribution < -0.4 is 0 Å². The number of para-hydroxylation sites is 1. The maximum atomic E-state index is 8.92. The van der Waals surface area contributed by atoms with Crippen LogP contribution in [0, 0.1) is 18.8 Å². The number of aliphatic hydroxyl groups excluding tert-OH is 1. The van der Waals surface area contributed by atoms with Gasteiger partial charge in [-0.15, -0.1) is 0 Å². The molecule has 0 fully saturated rings.